The molecule has 0 fully saturated rings. The predicted molar refractivity (Wildman–Crippen MR) is 139 cm³/mol. The van der Waals surface area contributed by atoms with Crippen LogP contribution in [-0.4, -0.2) is 12.1 Å². The van der Waals surface area contributed by atoms with Crippen molar-refractivity contribution < 1.29 is 13.9 Å². The first-order chi connectivity index (χ1) is 16.6. The van der Waals surface area contributed by atoms with Crippen molar-refractivity contribution >= 4 is 61.4 Å². The van der Waals surface area contributed by atoms with Crippen molar-refractivity contribution in [2.24, 2.45) is 5.10 Å². The molecule has 34 heavy (non-hydrogen) atoms. The highest BCUT2D eigenvalue weighted by atomic mass is 79.9. The van der Waals surface area contributed by atoms with Crippen molar-refractivity contribution in [1.82, 2.24) is 5.43 Å². The number of nitrogens with one attached hydrogen (secondary N) is 1. The van der Waals surface area contributed by atoms with Crippen molar-refractivity contribution in [3.63, 3.8) is 0 Å². The van der Waals surface area contributed by atoms with Crippen LogP contribution in [0.3, 0.4) is 0 Å². The van der Waals surface area contributed by atoms with Gasteiger partial charge in [0.15, 0.2) is 11.5 Å². The van der Waals surface area contributed by atoms with Crippen LogP contribution in [0.1, 0.15) is 21.7 Å². The van der Waals surface area contributed by atoms with Crippen molar-refractivity contribution in [2.75, 3.05) is 0 Å². The fraction of sp³-hybridized carbons (Fsp3) is 0.0370. The van der Waals surface area contributed by atoms with Crippen LogP contribution in [0, 0.1) is 0 Å². The summed E-state index contributed by atoms with van der Waals surface area (Å²) in [6.07, 6.45) is 1.50. The third-order valence-corrected chi connectivity index (χ3v) is 6.12. The summed E-state index contributed by atoms with van der Waals surface area (Å²) >= 11 is 9.97. The number of rotatable bonds is 6. The van der Waals surface area contributed by atoms with Gasteiger partial charge in [0.25, 0.3) is 0 Å². The molecule has 0 spiro atoms. The number of para-hydroxylation sites is 1. The maximum atomic E-state index is 12.3. The molecule has 0 atom stereocenters. The second kappa shape index (κ2) is 9.71. The van der Waals surface area contributed by atoms with Crippen molar-refractivity contribution in [2.45, 2.75) is 6.61 Å². The van der Waals surface area contributed by atoms with Gasteiger partial charge in [-0.1, -0.05) is 66.2 Å². The number of benzene rings is 4. The normalized spacial score (nSPS) is 11.4. The molecule has 0 aliphatic carbocycles. The average molecular weight is 534 g/mol. The molecular weight excluding hydrogens is 516 g/mol. The first-order valence-electron chi connectivity index (χ1n) is 10.5. The second-order valence-corrected chi connectivity index (χ2v) is 8.89. The Morgan fingerprint density at radius 2 is 1.74 bits per heavy atom. The van der Waals surface area contributed by atoms with Gasteiger partial charge in [-0.25, -0.2) is 5.43 Å². The number of halogens is 2. The first-order valence-corrected chi connectivity index (χ1v) is 11.7. The Balaban J connectivity index is 1.24. The molecule has 0 saturated carbocycles. The highest BCUT2D eigenvalue weighted by molar-refractivity contribution is 9.10. The topological polar surface area (TPSA) is 63.8 Å². The fourth-order valence-electron chi connectivity index (χ4n) is 3.59. The molecule has 1 aromatic heterocycles. The minimum Gasteiger partial charge on any atom is -0.486 e. The molecule has 5 rings (SSSR count). The van der Waals surface area contributed by atoms with Crippen LogP contribution in [0.4, 0.5) is 0 Å². The Hall–Kier alpha value is -3.61. The highest BCUT2D eigenvalue weighted by Crippen LogP contribution is 2.35. The van der Waals surface area contributed by atoms with Crippen LogP contribution in [0.2, 0.25) is 5.02 Å². The van der Waals surface area contributed by atoms with Gasteiger partial charge in [-0.2, -0.15) is 5.10 Å². The molecule has 1 N–H and O–H groups in total. The first kappa shape index (κ1) is 22.2. The number of hydrogen-bond acceptors (Lipinski definition) is 4. The Bertz CT molecular complexity index is 1490. The highest BCUT2D eigenvalue weighted by Gasteiger charge is 2.12. The van der Waals surface area contributed by atoms with E-state index in [9.17, 15) is 4.79 Å². The minimum atomic E-state index is -0.437. The standard InChI is InChI=1S/C27H18BrClN2O3/c28-22-12-18(15-30-31-27(32)25-14-21-7-3-4-8-24(21)34-25)13-23(29)26(22)33-16-17-9-10-19-5-1-2-6-20(19)11-17/h1-15H,16H2,(H,31,32)/b30-15+. The summed E-state index contributed by atoms with van der Waals surface area (Å²) in [6.45, 7) is 0.379. The Labute approximate surface area is 209 Å². The molecule has 4 aromatic carbocycles. The number of fused-ring (bicyclic) bond motifs is 2. The third kappa shape index (κ3) is 4.83. The molecule has 0 aliphatic rings. The van der Waals surface area contributed by atoms with Crippen LogP contribution in [0.15, 0.2) is 98.9 Å². The number of ether oxygens (including phenoxy) is 1. The molecule has 1 heterocycles. The van der Waals surface area contributed by atoms with Gasteiger partial charge in [-0.05, 0) is 68.2 Å². The van der Waals surface area contributed by atoms with Crippen LogP contribution in [0.5, 0.6) is 5.75 Å². The minimum absolute atomic E-state index is 0.190. The number of hydrazone groups is 1. The molecule has 0 unspecified atom stereocenters. The van der Waals surface area contributed by atoms with Gasteiger partial charge in [0, 0.05) is 5.39 Å². The van der Waals surface area contributed by atoms with Gasteiger partial charge in [-0.3, -0.25) is 4.79 Å². The zero-order valence-corrected chi connectivity index (χ0v) is 20.1. The lowest BCUT2D eigenvalue weighted by Gasteiger charge is -2.11. The van der Waals surface area contributed by atoms with E-state index in [1.54, 1.807) is 18.2 Å². The molecule has 1 amide bonds. The van der Waals surface area contributed by atoms with Gasteiger partial charge in [-0.15, -0.1) is 0 Å². The predicted octanol–water partition coefficient (Wildman–Crippen LogP) is 7.34. The maximum absolute atomic E-state index is 12.3. The molecule has 0 aliphatic heterocycles. The number of nitrogens with zero attached hydrogens (tertiary/aromatic N) is 1. The van der Waals surface area contributed by atoms with Gasteiger partial charge < -0.3 is 9.15 Å². The van der Waals surface area contributed by atoms with Gasteiger partial charge in [0.05, 0.1) is 15.7 Å². The van der Waals surface area contributed by atoms with Crippen molar-refractivity contribution in [3.05, 3.63) is 111 Å². The van der Waals surface area contributed by atoms with E-state index in [-0.39, 0.29) is 5.76 Å². The lowest BCUT2D eigenvalue weighted by atomic mass is 10.1. The van der Waals surface area contributed by atoms with Crippen LogP contribution in [-0.2, 0) is 6.61 Å². The summed E-state index contributed by atoms with van der Waals surface area (Å²) in [6, 6.07) is 27.0. The summed E-state index contributed by atoms with van der Waals surface area (Å²) in [5.41, 5.74) is 4.85. The van der Waals surface area contributed by atoms with Crippen LogP contribution < -0.4 is 10.2 Å². The summed E-state index contributed by atoms with van der Waals surface area (Å²) in [4.78, 5) is 12.3. The van der Waals surface area contributed by atoms with Crippen molar-refractivity contribution in [1.29, 1.82) is 0 Å². The zero-order chi connectivity index (χ0) is 23.5. The number of carbonyl (C=O) groups excluding carboxylic acids is 1. The quantitative estimate of drug-likeness (QED) is 0.183. The van der Waals surface area contributed by atoms with E-state index in [1.165, 1.54) is 11.6 Å². The summed E-state index contributed by atoms with van der Waals surface area (Å²) in [5.74, 6) is 0.293. The van der Waals surface area contributed by atoms with Gasteiger partial charge in [0.1, 0.15) is 12.2 Å². The molecule has 0 saturated heterocycles. The monoisotopic (exact) mass is 532 g/mol. The Kier molecular flexibility index (Phi) is 6.34. The van der Waals surface area contributed by atoms with Gasteiger partial charge >= 0.3 is 5.91 Å². The molecule has 168 valence electrons. The van der Waals surface area contributed by atoms with E-state index in [2.05, 4.69) is 50.7 Å². The summed E-state index contributed by atoms with van der Waals surface area (Å²) < 4.78 is 12.2. The number of furan rings is 1. The Morgan fingerprint density at radius 3 is 2.53 bits per heavy atom. The lowest BCUT2D eigenvalue weighted by Crippen LogP contribution is -2.16. The van der Waals surface area contributed by atoms with Crippen LogP contribution in [0.25, 0.3) is 21.7 Å². The van der Waals surface area contributed by atoms with Gasteiger partial charge in [0.2, 0.25) is 0 Å². The fourth-order valence-corrected chi connectivity index (χ4v) is 4.58. The maximum Gasteiger partial charge on any atom is 0.307 e. The van der Waals surface area contributed by atoms with E-state index in [0.717, 1.165) is 16.3 Å². The number of amides is 1. The Morgan fingerprint density at radius 1 is 0.971 bits per heavy atom. The summed E-state index contributed by atoms with van der Waals surface area (Å²) in [7, 11) is 0. The SMILES string of the molecule is O=C(N/N=C/c1cc(Cl)c(OCc2ccc3ccccc3c2)c(Br)c1)c1cc2ccccc2o1. The van der Waals surface area contributed by atoms with Crippen LogP contribution >= 0.6 is 27.5 Å². The zero-order valence-electron chi connectivity index (χ0n) is 17.8. The number of carbonyl (C=O) groups is 1. The largest absolute Gasteiger partial charge is 0.486 e. The lowest BCUT2D eigenvalue weighted by molar-refractivity contribution is 0.0929. The number of hydrogen-bond donors (Lipinski definition) is 1. The van der Waals surface area contributed by atoms with E-state index < -0.39 is 5.91 Å². The second-order valence-electron chi connectivity index (χ2n) is 7.63. The molecule has 0 radical (unpaired) electrons. The molecule has 5 aromatic rings. The molecule has 5 nitrogen and oxygen atoms in total. The smallest absolute Gasteiger partial charge is 0.307 e. The van der Waals surface area contributed by atoms with E-state index in [0.29, 0.717) is 33.0 Å². The van der Waals surface area contributed by atoms with E-state index in [4.69, 9.17) is 20.8 Å². The van der Waals surface area contributed by atoms with Crippen molar-refractivity contribution in [3.8, 4) is 5.75 Å². The van der Waals surface area contributed by atoms with E-state index in [1.807, 2.05) is 42.5 Å². The molecular formula is C27H18BrClN2O3. The molecule has 0 bridgehead atoms. The third-order valence-electron chi connectivity index (χ3n) is 5.25. The average Bonchev–Trinajstić information content (AvgIpc) is 3.28. The van der Waals surface area contributed by atoms with E-state index >= 15 is 0 Å². The summed E-state index contributed by atoms with van der Waals surface area (Å²) in [5, 5.41) is 7.64. The molecule has 7 heteroatoms.